The summed E-state index contributed by atoms with van der Waals surface area (Å²) < 4.78 is 67.8. The maximum absolute atomic E-state index is 12.9. The van der Waals surface area contributed by atoms with Gasteiger partial charge in [0.1, 0.15) is 5.75 Å². The van der Waals surface area contributed by atoms with Gasteiger partial charge in [0.15, 0.2) is 0 Å². The van der Waals surface area contributed by atoms with Crippen LogP contribution in [-0.2, 0) is 13.1 Å². The van der Waals surface area contributed by atoms with Crippen molar-refractivity contribution in [3.8, 4) is 5.75 Å². The minimum Gasteiger partial charge on any atom is -0.494 e. The Kier molecular flexibility index (Phi) is 7.32. The molecule has 4 rings (SSSR count). The highest BCUT2D eigenvalue weighted by Gasteiger charge is 2.56. The molecule has 0 spiro atoms. The fraction of sp³-hybridized carbons (Fsp3) is 0.480. The average Bonchev–Trinajstić information content (AvgIpc) is 3.37. The number of hydrogen-bond donors (Lipinski definition) is 1. The van der Waals surface area contributed by atoms with Gasteiger partial charge in [0.05, 0.1) is 12.2 Å². The van der Waals surface area contributed by atoms with Gasteiger partial charge in [-0.15, -0.1) is 0 Å². The second-order valence-electron chi connectivity index (χ2n) is 9.20. The van der Waals surface area contributed by atoms with Gasteiger partial charge in [-0.2, -0.15) is 22.0 Å². The zero-order chi connectivity index (χ0) is 25.2. The van der Waals surface area contributed by atoms with E-state index in [-0.39, 0.29) is 12.2 Å². The number of piperazine rings is 1. The first-order chi connectivity index (χ1) is 16.5. The summed E-state index contributed by atoms with van der Waals surface area (Å²) in [5.74, 6) is -5.19. The molecule has 0 unspecified atom stereocenters. The Morgan fingerprint density at radius 3 is 1.86 bits per heavy atom. The van der Waals surface area contributed by atoms with Crippen LogP contribution in [0.3, 0.4) is 0 Å². The van der Waals surface area contributed by atoms with Crippen molar-refractivity contribution in [1.29, 1.82) is 0 Å². The molecule has 2 heterocycles. The van der Waals surface area contributed by atoms with Gasteiger partial charge in [0.2, 0.25) is 0 Å². The Morgan fingerprint density at radius 1 is 0.886 bits per heavy atom. The summed E-state index contributed by atoms with van der Waals surface area (Å²) in [6.07, 6.45) is -6.15. The van der Waals surface area contributed by atoms with Crippen LogP contribution >= 0.6 is 0 Å². The number of carbonyl (C=O) groups is 1. The lowest BCUT2D eigenvalue weighted by atomic mass is 10.1. The van der Waals surface area contributed by atoms with Crippen LogP contribution in [0.5, 0.6) is 5.75 Å². The van der Waals surface area contributed by atoms with Crippen LogP contribution in [0.4, 0.5) is 22.0 Å². The van der Waals surface area contributed by atoms with Gasteiger partial charge in [-0.3, -0.25) is 9.80 Å². The number of carboxylic acid groups (broad SMARTS) is 1. The van der Waals surface area contributed by atoms with Crippen LogP contribution in [0, 0.1) is 0 Å². The van der Waals surface area contributed by atoms with Gasteiger partial charge in [0, 0.05) is 44.7 Å². The molecule has 2 saturated heterocycles. The molecule has 2 aromatic rings. The maximum Gasteiger partial charge on any atom is 0.453 e. The summed E-state index contributed by atoms with van der Waals surface area (Å²) in [5, 5.41) is 9.03. The van der Waals surface area contributed by atoms with E-state index in [1.54, 1.807) is 24.3 Å². The number of benzene rings is 2. The summed E-state index contributed by atoms with van der Waals surface area (Å²) >= 11 is 0. The van der Waals surface area contributed by atoms with Gasteiger partial charge in [-0.1, -0.05) is 24.3 Å². The molecular formula is C25H27F5N2O3. The fourth-order valence-corrected chi connectivity index (χ4v) is 4.76. The van der Waals surface area contributed by atoms with Crippen LogP contribution in [0.2, 0.25) is 0 Å². The molecule has 0 amide bonds. The molecule has 2 fully saturated rings. The van der Waals surface area contributed by atoms with Crippen molar-refractivity contribution in [3.05, 3.63) is 65.2 Å². The van der Waals surface area contributed by atoms with Crippen molar-refractivity contribution in [3.63, 3.8) is 0 Å². The van der Waals surface area contributed by atoms with E-state index in [1.165, 1.54) is 0 Å². The molecule has 10 heteroatoms. The number of likely N-dealkylation sites (tertiary alicyclic amines) is 2. The quantitative estimate of drug-likeness (QED) is 0.361. The largest absolute Gasteiger partial charge is 0.494 e. The summed E-state index contributed by atoms with van der Waals surface area (Å²) in [5.41, 5.74) is 2.44. The summed E-state index contributed by atoms with van der Waals surface area (Å²) in [6, 6.07) is 15.0. The second kappa shape index (κ2) is 10.1. The Hall–Kier alpha value is -2.72. The van der Waals surface area contributed by atoms with E-state index in [2.05, 4.69) is 9.80 Å². The first-order valence-corrected chi connectivity index (χ1v) is 11.5. The first kappa shape index (κ1) is 25.4. The van der Waals surface area contributed by atoms with Crippen LogP contribution in [-0.4, -0.2) is 64.8 Å². The molecular weight excluding hydrogens is 471 g/mol. The zero-order valence-electron chi connectivity index (χ0n) is 19.0. The minimum absolute atomic E-state index is 0.213. The van der Waals surface area contributed by atoms with Crippen LogP contribution in [0.25, 0.3) is 0 Å². The fourth-order valence-electron chi connectivity index (χ4n) is 4.76. The van der Waals surface area contributed by atoms with Gasteiger partial charge in [-0.25, -0.2) is 4.79 Å². The number of carboxylic acids is 1. The topological polar surface area (TPSA) is 53.0 Å². The second-order valence-corrected chi connectivity index (χ2v) is 9.20. The van der Waals surface area contributed by atoms with Crippen molar-refractivity contribution in [2.45, 2.75) is 56.5 Å². The predicted molar refractivity (Wildman–Crippen MR) is 119 cm³/mol. The summed E-state index contributed by atoms with van der Waals surface area (Å²) in [7, 11) is 0. The highest BCUT2D eigenvalue weighted by Crippen LogP contribution is 2.39. The van der Waals surface area contributed by atoms with E-state index in [0.29, 0.717) is 17.8 Å². The molecule has 2 bridgehead atoms. The van der Waals surface area contributed by atoms with Crippen molar-refractivity contribution < 1.29 is 36.6 Å². The van der Waals surface area contributed by atoms with E-state index < -0.39 is 30.9 Å². The third-order valence-electron chi connectivity index (χ3n) is 6.68. The maximum atomic E-state index is 12.9. The van der Waals surface area contributed by atoms with Crippen molar-refractivity contribution in [2.24, 2.45) is 0 Å². The number of hydrogen-bond acceptors (Lipinski definition) is 4. The number of rotatable bonds is 10. The molecule has 2 aliphatic heterocycles. The Bertz CT molecular complexity index is 1010. The molecule has 2 atom stereocenters. The molecule has 0 aromatic heterocycles. The Morgan fingerprint density at radius 2 is 1.40 bits per heavy atom. The zero-order valence-corrected chi connectivity index (χ0v) is 19.0. The third kappa shape index (κ3) is 6.10. The van der Waals surface area contributed by atoms with E-state index in [0.717, 1.165) is 43.7 Å². The van der Waals surface area contributed by atoms with E-state index in [1.807, 2.05) is 24.3 Å². The molecule has 2 aliphatic rings. The van der Waals surface area contributed by atoms with E-state index >= 15 is 0 Å². The summed E-state index contributed by atoms with van der Waals surface area (Å²) in [4.78, 5) is 15.9. The number of nitrogens with zero attached hydrogens (tertiary/aromatic N) is 2. The number of alkyl halides is 5. The Labute approximate surface area is 200 Å². The number of halogens is 5. The molecule has 190 valence electrons. The molecule has 5 nitrogen and oxygen atoms in total. The lowest BCUT2D eigenvalue weighted by Crippen LogP contribution is -2.45. The molecule has 0 saturated carbocycles. The average molecular weight is 498 g/mol. The van der Waals surface area contributed by atoms with Crippen LogP contribution in [0.1, 0.15) is 40.7 Å². The highest BCUT2D eigenvalue weighted by molar-refractivity contribution is 5.87. The van der Waals surface area contributed by atoms with E-state index in [4.69, 9.17) is 9.84 Å². The lowest BCUT2D eigenvalue weighted by Gasteiger charge is -2.34. The normalized spacial score (nSPS) is 20.9. The van der Waals surface area contributed by atoms with Gasteiger partial charge in [-0.05, 0) is 48.2 Å². The minimum atomic E-state index is -5.53. The van der Waals surface area contributed by atoms with E-state index in [9.17, 15) is 26.7 Å². The predicted octanol–water partition coefficient (Wildman–Crippen LogP) is 5.20. The number of ether oxygens (including phenoxy) is 1. The number of fused-ring (bicyclic) bond motifs is 2. The van der Waals surface area contributed by atoms with Crippen LogP contribution < -0.4 is 4.74 Å². The van der Waals surface area contributed by atoms with Crippen molar-refractivity contribution >= 4 is 5.97 Å². The van der Waals surface area contributed by atoms with Crippen molar-refractivity contribution in [1.82, 2.24) is 9.80 Å². The van der Waals surface area contributed by atoms with Crippen molar-refractivity contribution in [2.75, 3.05) is 19.7 Å². The Balaban J connectivity index is 1.20. The third-order valence-corrected chi connectivity index (χ3v) is 6.68. The molecule has 0 radical (unpaired) electrons. The van der Waals surface area contributed by atoms with Gasteiger partial charge >= 0.3 is 18.1 Å². The standard InChI is InChI=1S/C25H27F5N2O3/c26-24(27,25(28,29)30)10-1-11-35-22-8-4-18(5-9-22)14-32-16-20-12-21(32)15-31(20)13-17-2-6-19(7-3-17)23(33)34/h2-9,20-21H,1,10-16H2,(H,33,34)/t20-,21-/m0/s1. The SMILES string of the molecule is O=C(O)c1ccc(CN2C[C@@H]3C[C@H]2CN3Cc2ccc(OCCCC(F)(F)C(F)(F)F)cc2)cc1. The number of aromatic carboxylic acids is 1. The van der Waals surface area contributed by atoms with Crippen LogP contribution in [0.15, 0.2) is 48.5 Å². The molecule has 2 aromatic carbocycles. The van der Waals surface area contributed by atoms with Gasteiger partial charge in [0.25, 0.3) is 0 Å². The molecule has 35 heavy (non-hydrogen) atoms. The highest BCUT2D eigenvalue weighted by atomic mass is 19.4. The smallest absolute Gasteiger partial charge is 0.453 e. The first-order valence-electron chi connectivity index (χ1n) is 11.5. The lowest BCUT2D eigenvalue weighted by molar-refractivity contribution is -0.284. The monoisotopic (exact) mass is 498 g/mol. The molecule has 0 aliphatic carbocycles. The summed E-state index contributed by atoms with van der Waals surface area (Å²) in [6.45, 7) is 3.21. The molecule has 1 N–H and O–H groups in total. The van der Waals surface area contributed by atoms with Gasteiger partial charge < -0.3 is 9.84 Å².